The highest BCUT2D eigenvalue weighted by Crippen LogP contribution is 2.32. The van der Waals surface area contributed by atoms with Gasteiger partial charge in [0.2, 0.25) is 0 Å². The lowest BCUT2D eigenvalue weighted by atomic mass is 9.99. The van der Waals surface area contributed by atoms with E-state index in [1.165, 1.54) is 47.6 Å². The summed E-state index contributed by atoms with van der Waals surface area (Å²) < 4.78 is 0. The van der Waals surface area contributed by atoms with Crippen molar-refractivity contribution in [2.75, 3.05) is 6.54 Å². The van der Waals surface area contributed by atoms with Crippen LogP contribution in [0.1, 0.15) is 36.0 Å². The Balaban J connectivity index is 2.09. The molecule has 0 aliphatic carbocycles. The van der Waals surface area contributed by atoms with Crippen molar-refractivity contribution in [1.29, 1.82) is 0 Å². The van der Waals surface area contributed by atoms with Crippen LogP contribution in [0, 0.1) is 13.8 Å². The zero-order valence-corrected chi connectivity index (χ0v) is 10.1. The van der Waals surface area contributed by atoms with E-state index in [1.807, 2.05) is 0 Å². The number of aryl methyl sites for hydroxylation is 2. The van der Waals surface area contributed by atoms with Crippen LogP contribution >= 0.6 is 0 Å². The predicted octanol–water partition coefficient (Wildman–Crippen LogP) is 3.33. The van der Waals surface area contributed by atoms with Crippen LogP contribution in [-0.4, -0.2) is 17.3 Å². The Hall–Kier alpha value is -1.31. The molecule has 2 aliphatic heterocycles. The van der Waals surface area contributed by atoms with Gasteiger partial charge in [0.05, 0.1) is 5.69 Å². The first-order valence-electron chi connectivity index (χ1n) is 6.17. The number of fused-ring (bicyclic) bond motifs is 2. The van der Waals surface area contributed by atoms with Gasteiger partial charge in [-0.1, -0.05) is 6.07 Å². The lowest BCUT2D eigenvalue weighted by Gasteiger charge is -2.34. The van der Waals surface area contributed by atoms with E-state index < -0.39 is 0 Å². The molecule has 2 heteroatoms. The van der Waals surface area contributed by atoms with Gasteiger partial charge < -0.3 is 4.90 Å². The van der Waals surface area contributed by atoms with Crippen molar-refractivity contribution in [2.45, 2.75) is 39.7 Å². The molecule has 3 rings (SSSR count). The van der Waals surface area contributed by atoms with Crippen molar-refractivity contribution in [1.82, 2.24) is 4.90 Å². The monoisotopic (exact) mass is 214 g/mol. The van der Waals surface area contributed by atoms with Crippen LogP contribution in [0.2, 0.25) is 0 Å². The summed E-state index contributed by atoms with van der Waals surface area (Å²) in [7, 11) is 0. The summed E-state index contributed by atoms with van der Waals surface area (Å²) in [6.45, 7) is 6.61. The van der Waals surface area contributed by atoms with Gasteiger partial charge in [0.1, 0.15) is 5.84 Å². The summed E-state index contributed by atoms with van der Waals surface area (Å²) in [5.74, 6) is 1.31. The molecule has 0 bridgehead atoms. The Morgan fingerprint density at radius 1 is 1.19 bits per heavy atom. The Morgan fingerprint density at radius 2 is 2.06 bits per heavy atom. The second-order valence-corrected chi connectivity index (χ2v) is 4.99. The first-order valence-corrected chi connectivity index (χ1v) is 6.17. The Bertz CT molecular complexity index is 460. The molecule has 16 heavy (non-hydrogen) atoms. The first-order chi connectivity index (χ1) is 7.74. The topological polar surface area (TPSA) is 15.6 Å². The van der Waals surface area contributed by atoms with Crippen molar-refractivity contribution in [2.24, 2.45) is 4.99 Å². The molecule has 0 atom stereocenters. The average molecular weight is 214 g/mol. The predicted molar refractivity (Wildman–Crippen MR) is 67.3 cm³/mol. The number of aliphatic imine (C=N–C) groups is 1. The smallest absolute Gasteiger partial charge is 0.105 e. The van der Waals surface area contributed by atoms with Crippen LogP contribution in [0.25, 0.3) is 0 Å². The van der Waals surface area contributed by atoms with Gasteiger partial charge in [-0.15, -0.1) is 0 Å². The minimum absolute atomic E-state index is 1.07. The SMILES string of the molecule is Cc1cc(C)c2c(c1)N=C1CCCCN1C2. The van der Waals surface area contributed by atoms with E-state index in [2.05, 4.69) is 30.9 Å². The van der Waals surface area contributed by atoms with E-state index in [-0.39, 0.29) is 0 Å². The van der Waals surface area contributed by atoms with Gasteiger partial charge in [-0.3, -0.25) is 0 Å². The molecule has 1 aromatic rings. The van der Waals surface area contributed by atoms with E-state index in [9.17, 15) is 0 Å². The summed E-state index contributed by atoms with van der Waals surface area (Å²) in [6.07, 6.45) is 3.78. The molecule has 2 aliphatic rings. The third kappa shape index (κ3) is 1.53. The maximum atomic E-state index is 4.83. The van der Waals surface area contributed by atoms with Crippen LogP contribution in [0.5, 0.6) is 0 Å². The van der Waals surface area contributed by atoms with E-state index >= 15 is 0 Å². The second kappa shape index (κ2) is 3.62. The number of hydrogen-bond acceptors (Lipinski definition) is 2. The molecule has 0 radical (unpaired) electrons. The van der Waals surface area contributed by atoms with Gasteiger partial charge in [0.25, 0.3) is 0 Å². The van der Waals surface area contributed by atoms with Gasteiger partial charge >= 0.3 is 0 Å². The summed E-state index contributed by atoms with van der Waals surface area (Å²) in [4.78, 5) is 7.28. The van der Waals surface area contributed by atoms with Crippen molar-refractivity contribution < 1.29 is 0 Å². The summed E-state index contributed by atoms with van der Waals surface area (Å²) >= 11 is 0. The molecule has 2 heterocycles. The highest BCUT2D eigenvalue weighted by molar-refractivity contribution is 5.87. The normalized spacial score (nSPS) is 18.9. The lowest BCUT2D eigenvalue weighted by Crippen LogP contribution is -2.36. The van der Waals surface area contributed by atoms with Crippen LogP contribution in [0.3, 0.4) is 0 Å². The van der Waals surface area contributed by atoms with Crippen LogP contribution in [0.15, 0.2) is 17.1 Å². The van der Waals surface area contributed by atoms with E-state index in [1.54, 1.807) is 0 Å². The molecule has 84 valence electrons. The van der Waals surface area contributed by atoms with Gasteiger partial charge in [-0.05, 0) is 43.9 Å². The second-order valence-electron chi connectivity index (χ2n) is 4.99. The van der Waals surface area contributed by atoms with Crippen molar-refractivity contribution in [3.05, 3.63) is 28.8 Å². The molecule has 0 spiro atoms. The van der Waals surface area contributed by atoms with E-state index in [0.29, 0.717) is 0 Å². The molecule has 0 unspecified atom stereocenters. The Morgan fingerprint density at radius 3 is 2.94 bits per heavy atom. The highest BCUT2D eigenvalue weighted by Gasteiger charge is 2.23. The fourth-order valence-corrected chi connectivity index (χ4v) is 2.78. The number of hydrogen-bond donors (Lipinski definition) is 0. The summed E-state index contributed by atoms with van der Waals surface area (Å²) in [5.41, 5.74) is 5.36. The molecule has 0 aromatic heterocycles. The fourth-order valence-electron chi connectivity index (χ4n) is 2.78. The van der Waals surface area contributed by atoms with Crippen LogP contribution in [0.4, 0.5) is 5.69 Å². The average Bonchev–Trinajstić information content (AvgIpc) is 2.27. The standard InChI is InChI=1S/C14H18N2/c1-10-7-11(2)12-9-16-6-4-3-5-14(16)15-13(12)8-10/h7-8H,3-6,9H2,1-2H3. The third-order valence-electron chi connectivity index (χ3n) is 3.64. The van der Waals surface area contributed by atoms with E-state index in [0.717, 1.165) is 13.0 Å². The fraction of sp³-hybridized carbons (Fsp3) is 0.500. The molecule has 1 aromatic carbocycles. The Kier molecular flexibility index (Phi) is 2.23. The zero-order valence-electron chi connectivity index (χ0n) is 10.1. The molecule has 0 amide bonds. The van der Waals surface area contributed by atoms with Crippen molar-refractivity contribution >= 4 is 11.5 Å². The third-order valence-corrected chi connectivity index (χ3v) is 3.64. The maximum absolute atomic E-state index is 4.83. The van der Waals surface area contributed by atoms with Gasteiger partial charge in [0.15, 0.2) is 0 Å². The molecular weight excluding hydrogens is 196 g/mol. The number of rotatable bonds is 0. The van der Waals surface area contributed by atoms with Gasteiger partial charge in [-0.25, -0.2) is 4.99 Å². The van der Waals surface area contributed by atoms with Crippen LogP contribution < -0.4 is 0 Å². The zero-order chi connectivity index (χ0) is 11.1. The summed E-state index contributed by atoms with van der Waals surface area (Å²) in [6, 6.07) is 4.49. The minimum Gasteiger partial charge on any atom is -0.356 e. The van der Waals surface area contributed by atoms with Crippen molar-refractivity contribution in [3.8, 4) is 0 Å². The largest absolute Gasteiger partial charge is 0.356 e. The molecule has 1 fully saturated rings. The molecule has 1 saturated heterocycles. The number of nitrogens with zero attached hydrogens (tertiary/aromatic N) is 2. The first kappa shape index (κ1) is 9.88. The molecular formula is C14H18N2. The summed E-state index contributed by atoms with van der Waals surface area (Å²) in [5, 5.41) is 0. The minimum atomic E-state index is 1.07. The van der Waals surface area contributed by atoms with Crippen molar-refractivity contribution in [3.63, 3.8) is 0 Å². The quantitative estimate of drug-likeness (QED) is 0.646. The number of piperidine rings is 1. The number of amidine groups is 1. The van der Waals surface area contributed by atoms with Gasteiger partial charge in [-0.2, -0.15) is 0 Å². The lowest BCUT2D eigenvalue weighted by molar-refractivity contribution is 0.358. The molecule has 0 saturated carbocycles. The van der Waals surface area contributed by atoms with Crippen LogP contribution in [-0.2, 0) is 6.54 Å². The Labute approximate surface area is 97.0 Å². The maximum Gasteiger partial charge on any atom is 0.105 e. The highest BCUT2D eigenvalue weighted by atomic mass is 15.2. The molecule has 0 N–H and O–H groups in total. The van der Waals surface area contributed by atoms with E-state index in [4.69, 9.17) is 4.99 Å². The van der Waals surface area contributed by atoms with Gasteiger partial charge in [0, 0.05) is 25.1 Å². The molecule has 2 nitrogen and oxygen atoms in total. The number of benzene rings is 1.